The van der Waals surface area contributed by atoms with Crippen molar-refractivity contribution in [2.75, 3.05) is 0 Å². The zero-order valence-corrected chi connectivity index (χ0v) is 8.71. The number of hydrogen-bond donors (Lipinski definition) is 1. The van der Waals surface area contributed by atoms with Crippen molar-refractivity contribution < 1.29 is 5.11 Å². The molecular weight excluding hydrogens is 174 g/mol. The number of aliphatic hydroxyl groups excluding tert-OH is 1. The van der Waals surface area contributed by atoms with E-state index >= 15 is 0 Å². The van der Waals surface area contributed by atoms with Crippen LogP contribution in [0.3, 0.4) is 0 Å². The van der Waals surface area contributed by atoms with Crippen LogP contribution in [0.2, 0.25) is 0 Å². The molecule has 2 saturated carbocycles. The van der Waals surface area contributed by atoms with Crippen LogP contribution in [-0.4, -0.2) is 11.2 Å². The molecule has 2 atom stereocenters. The summed E-state index contributed by atoms with van der Waals surface area (Å²) in [5.74, 6) is 0.610. The van der Waals surface area contributed by atoms with Gasteiger partial charge in [-0.05, 0) is 38.0 Å². The summed E-state index contributed by atoms with van der Waals surface area (Å²) in [6.45, 7) is 0. The van der Waals surface area contributed by atoms with Gasteiger partial charge in [-0.1, -0.05) is 19.3 Å². The minimum atomic E-state index is -0.0930. The van der Waals surface area contributed by atoms with Gasteiger partial charge in [0.1, 0.15) is 0 Å². The summed E-state index contributed by atoms with van der Waals surface area (Å²) in [7, 11) is 0. The van der Waals surface area contributed by atoms with Crippen LogP contribution < -0.4 is 0 Å². The quantitative estimate of drug-likeness (QED) is 0.732. The van der Waals surface area contributed by atoms with Crippen molar-refractivity contribution in [3.8, 4) is 6.07 Å². The first kappa shape index (κ1) is 9.98. The molecule has 0 aromatic carbocycles. The van der Waals surface area contributed by atoms with E-state index in [1.54, 1.807) is 0 Å². The van der Waals surface area contributed by atoms with E-state index in [4.69, 9.17) is 5.26 Å². The van der Waals surface area contributed by atoms with E-state index in [2.05, 4.69) is 6.07 Å². The molecule has 78 valence electrons. The Kier molecular flexibility index (Phi) is 2.78. The highest BCUT2D eigenvalue weighted by molar-refractivity contribution is 5.05. The van der Waals surface area contributed by atoms with Crippen LogP contribution in [-0.2, 0) is 0 Å². The molecule has 1 N–H and O–H groups in total. The van der Waals surface area contributed by atoms with Crippen molar-refractivity contribution in [3.05, 3.63) is 0 Å². The smallest absolute Gasteiger partial charge is 0.0689 e. The van der Waals surface area contributed by atoms with Crippen LogP contribution in [0.1, 0.15) is 51.4 Å². The van der Waals surface area contributed by atoms with Gasteiger partial charge in [-0.3, -0.25) is 0 Å². The lowest BCUT2D eigenvalue weighted by atomic mass is 9.63. The zero-order valence-electron chi connectivity index (χ0n) is 8.71. The van der Waals surface area contributed by atoms with E-state index in [1.165, 1.54) is 12.8 Å². The number of nitrogens with zero attached hydrogens (tertiary/aromatic N) is 1. The maximum absolute atomic E-state index is 9.56. The van der Waals surface area contributed by atoms with Gasteiger partial charge in [-0.15, -0.1) is 0 Å². The molecule has 0 aromatic rings. The number of hydrogen-bond acceptors (Lipinski definition) is 2. The maximum atomic E-state index is 9.56. The second-order valence-electron chi connectivity index (χ2n) is 5.14. The van der Waals surface area contributed by atoms with Gasteiger partial charge in [-0.25, -0.2) is 0 Å². The summed E-state index contributed by atoms with van der Waals surface area (Å²) >= 11 is 0. The Hall–Kier alpha value is -0.550. The zero-order chi connectivity index (χ0) is 10.0. The van der Waals surface area contributed by atoms with Gasteiger partial charge in [0.05, 0.1) is 17.6 Å². The molecule has 0 bridgehead atoms. The lowest BCUT2D eigenvalue weighted by Crippen LogP contribution is -2.32. The number of rotatable bonds is 2. The lowest BCUT2D eigenvalue weighted by Gasteiger charge is -2.39. The second kappa shape index (κ2) is 3.90. The number of aliphatic hydroxyl groups is 1. The molecule has 2 fully saturated rings. The minimum Gasteiger partial charge on any atom is -0.393 e. The largest absolute Gasteiger partial charge is 0.393 e. The summed E-state index contributed by atoms with van der Waals surface area (Å²) in [6, 6.07) is 2.50. The maximum Gasteiger partial charge on any atom is 0.0689 e. The first-order chi connectivity index (χ1) is 6.74. The standard InChI is InChI=1S/C12H19NO/c13-9-12(5-2-6-12)8-10-3-1-4-11(14)7-10/h10-11,14H,1-8H2. The fourth-order valence-electron chi connectivity index (χ4n) is 2.97. The molecule has 2 unspecified atom stereocenters. The molecule has 0 saturated heterocycles. The van der Waals surface area contributed by atoms with E-state index in [0.29, 0.717) is 5.92 Å². The Morgan fingerprint density at radius 1 is 1.29 bits per heavy atom. The fourth-order valence-corrected chi connectivity index (χ4v) is 2.97. The van der Waals surface area contributed by atoms with E-state index < -0.39 is 0 Å². The molecule has 2 aliphatic rings. The van der Waals surface area contributed by atoms with Crippen LogP contribution in [0.25, 0.3) is 0 Å². The molecule has 2 nitrogen and oxygen atoms in total. The first-order valence-corrected chi connectivity index (χ1v) is 5.83. The molecule has 2 rings (SSSR count). The van der Waals surface area contributed by atoms with Crippen molar-refractivity contribution in [1.82, 2.24) is 0 Å². The summed E-state index contributed by atoms with van der Waals surface area (Å²) in [5.41, 5.74) is 0.00171. The highest BCUT2D eigenvalue weighted by atomic mass is 16.3. The average molecular weight is 193 g/mol. The van der Waals surface area contributed by atoms with Crippen LogP contribution >= 0.6 is 0 Å². The highest BCUT2D eigenvalue weighted by Crippen LogP contribution is 2.47. The normalized spacial score (nSPS) is 35.7. The molecular formula is C12H19NO. The van der Waals surface area contributed by atoms with E-state index in [1.807, 2.05) is 0 Å². The topological polar surface area (TPSA) is 44.0 Å². The van der Waals surface area contributed by atoms with Crippen molar-refractivity contribution in [3.63, 3.8) is 0 Å². The van der Waals surface area contributed by atoms with Crippen molar-refractivity contribution in [2.24, 2.45) is 11.3 Å². The Labute approximate surface area is 85.9 Å². The fraction of sp³-hybridized carbons (Fsp3) is 0.917. The van der Waals surface area contributed by atoms with Gasteiger partial charge >= 0.3 is 0 Å². The molecule has 14 heavy (non-hydrogen) atoms. The molecule has 0 amide bonds. The van der Waals surface area contributed by atoms with E-state index in [9.17, 15) is 5.11 Å². The first-order valence-electron chi connectivity index (χ1n) is 5.83. The SMILES string of the molecule is N#CC1(CC2CCCC(O)C2)CCC1. The predicted octanol–water partition coefficient (Wildman–Crippen LogP) is 2.62. The van der Waals surface area contributed by atoms with Crippen LogP contribution in [0.15, 0.2) is 0 Å². The summed E-state index contributed by atoms with van der Waals surface area (Å²) in [5, 5.41) is 18.7. The molecule has 0 heterocycles. The third kappa shape index (κ3) is 1.93. The second-order valence-corrected chi connectivity index (χ2v) is 5.14. The molecule has 0 aromatic heterocycles. The number of nitriles is 1. The van der Waals surface area contributed by atoms with Gasteiger partial charge in [-0.2, -0.15) is 5.26 Å². The molecule has 2 heteroatoms. The lowest BCUT2D eigenvalue weighted by molar-refractivity contribution is 0.0696. The van der Waals surface area contributed by atoms with Gasteiger partial charge < -0.3 is 5.11 Å². The van der Waals surface area contributed by atoms with Crippen LogP contribution in [0.4, 0.5) is 0 Å². The molecule has 0 spiro atoms. The highest BCUT2D eigenvalue weighted by Gasteiger charge is 2.39. The predicted molar refractivity (Wildman–Crippen MR) is 54.5 cm³/mol. The Balaban J connectivity index is 1.87. The van der Waals surface area contributed by atoms with E-state index in [0.717, 1.165) is 38.5 Å². The molecule has 2 aliphatic carbocycles. The Morgan fingerprint density at radius 2 is 2.07 bits per heavy atom. The summed E-state index contributed by atoms with van der Waals surface area (Å²) in [4.78, 5) is 0. The Bertz CT molecular complexity index is 239. The Morgan fingerprint density at radius 3 is 2.57 bits per heavy atom. The molecule has 0 radical (unpaired) electrons. The van der Waals surface area contributed by atoms with Crippen molar-refractivity contribution in [2.45, 2.75) is 57.5 Å². The van der Waals surface area contributed by atoms with Gasteiger partial charge in [0.15, 0.2) is 0 Å². The minimum absolute atomic E-state index is 0.00171. The monoisotopic (exact) mass is 193 g/mol. The van der Waals surface area contributed by atoms with E-state index in [-0.39, 0.29) is 11.5 Å². The van der Waals surface area contributed by atoms with Crippen LogP contribution in [0, 0.1) is 22.7 Å². The summed E-state index contributed by atoms with van der Waals surface area (Å²) < 4.78 is 0. The van der Waals surface area contributed by atoms with Crippen molar-refractivity contribution in [1.29, 1.82) is 5.26 Å². The third-order valence-corrected chi connectivity index (χ3v) is 3.98. The van der Waals surface area contributed by atoms with Crippen LogP contribution in [0.5, 0.6) is 0 Å². The van der Waals surface area contributed by atoms with Crippen molar-refractivity contribution >= 4 is 0 Å². The van der Waals surface area contributed by atoms with Gasteiger partial charge in [0, 0.05) is 0 Å². The van der Waals surface area contributed by atoms with Gasteiger partial charge in [0.2, 0.25) is 0 Å². The van der Waals surface area contributed by atoms with Gasteiger partial charge in [0.25, 0.3) is 0 Å². The molecule has 0 aliphatic heterocycles. The third-order valence-electron chi connectivity index (χ3n) is 3.98. The average Bonchev–Trinajstić information content (AvgIpc) is 2.11. The summed E-state index contributed by atoms with van der Waals surface area (Å²) in [6.07, 6.45) is 8.63.